The summed E-state index contributed by atoms with van der Waals surface area (Å²) in [6.45, 7) is 12.6. The summed E-state index contributed by atoms with van der Waals surface area (Å²) in [6, 6.07) is 21.6. The molecule has 5 heteroatoms. The van der Waals surface area contributed by atoms with E-state index in [2.05, 4.69) is 97.0 Å². The van der Waals surface area contributed by atoms with Gasteiger partial charge in [0.1, 0.15) is 17.5 Å². The average Bonchev–Trinajstić information content (AvgIpc) is 3.59. The molecule has 0 aliphatic carbocycles. The van der Waals surface area contributed by atoms with Crippen LogP contribution in [0.1, 0.15) is 59.3 Å². The van der Waals surface area contributed by atoms with E-state index >= 15 is 0 Å². The van der Waals surface area contributed by atoms with Crippen LogP contribution in [0.2, 0.25) is 0 Å². The minimum atomic E-state index is -0.144. The lowest BCUT2D eigenvalue weighted by Gasteiger charge is -2.37. The summed E-state index contributed by atoms with van der Waals surface area (Å²) in [6.07, 6.45) is 4.45. The van der Waals surface area contributed by atoms with E-state index in [1.54, 1.807) is 0 Å². The molecule has 0 radical (unpaired) electrons. The summed E-state index contributed by atoms with van der Waals surface area (Å²) in [5, 5.41) is 7.38. The van der Waals surface area contributed by atoms with Crippen molar-refractivity contribution in [3.05, 3.63) is 94.0 Å². The normalized spacial score (nSPS) is 21.0. The van der Waals surface area contributed by atoms with Crippen LogP contribution in [0.4, 0.5) is 5.69 Å². The molecule has 1 fully saturated rings. The number of hydrogen-bond donors (Lipinski definition) is 2. The third-order valence-corrected chi connectivity index (χ3v) is 8.96. The van der Waals surface area contributed by atoms with Gasteiger partial charge in [-0.3, -0.25) is 4.90 Å². The van der Waals surface area contributed by atoms with E-state index < -0.39 is 0 Å². The lowest BCUT2D eigenvalue weighted by atomic mass is 9.90. The first-order valence-corrected chi connectivity index (χ1v) is 14.8. The van der Waals surface area contributed by atoms with Gasteiger partial charge >= 0.3 is 0 Å². The molecule has 0 saturated carbocycles. The third-order valence-electron chi connectivity index (χ3n) is 8.96. The van der Waals surface area contributed by atoms with Crippen LogP contribution in [0.3, 0.4) is 0 Å². The van der Waals surface area contributed by atoms with Gasteiger partial charge in [-0.25, -0.2) is 0 Å². The van der Waals surface area contributed by atoms with Crippen molar-refractivity contribution in [3.8, 4) is 5.75 Å². The lowest BCUT2D eigenvalue weighted by Crippen LogP contribution is -2.50. The minimum absolute atomic E-state index is 0.0308. The van der Waals surface area contributed by atoms with E-state index in [0.29, 0.717) is 12.6 Å². The van der Waals surface area contributed by atoms with Gasteiger partial charge in [-0.05, 0) is 80.9 Å². The van der Waals surface area contributed by atoms with Crippen molar-refractivity contribution in [2.24, 2.45) is 0 Å². The molecule has 0 aromatic heterocycles. The number of rotatable bonds is 9. The number of nitrogens with zero attached hydrogens (tertiary/aromatic N) is 1. The second-order valence-electron chi connectivity index (χ2n) is 11.9. The number of benzene rings is 3. The Hall–Kier alpha value is -2.86. The molecule has 3 aromatic rings. The lowest BCUT2D eigenvalue weighted by molar-refractivity contribution is 0.0483. The van der Waals surface area contributed by atoms with Crippen molar-refractivity contribution < 1.29 is 9.47 Å². The van der Waals surface area contributed by atoms with Gasteiger partial charge in [-0.2, -0.15) is 0 Å². The van der Waals surface area contributed by atoms with E-state index in [9.17, 15) is 0 Å². The quantitative estimate of drug-likeness (QED) is 0.345. The zero-order valence-corrected chi connectivity index (χ0v) is 23.8. The second kappa shape index (κ2) is 11.3. The van der Waals surface area contributed by atoms with Crippen molar-refractivity contribution in [1.29, 1.82) is 0 Å². The van der Waals surface area contributed by atoms with E-state index in [-0.39, 0.29) is 11.7 Å². The summed E-state index contributed by atoms with van der Waals surface area (Å²) in [5.74, 6) is 1.17. The fourth-order valence-electron chi connectivity index (χ4n) is 6.84. The van der Waals surface area contributed by atoms with E-state index in [4.69, 9.17) is 9.47 Å². The topological polar surface area (TPSA) is 45.8 Å². The van der Waals surface area contributed by atoms with Crippen molar-refractivity contribution in [3.63, 3.8) is 0 Å². The van der Waals surface area contributed by atoms with Gasteiger partial charge in [0.2, 0.25) is 0 Å². The number of piperidine rings is 1. The molecule has 39 heavy (non-hydrogen) atoms. The standard InChI is InChI=1S/C34H43N3O2/c1-24-25(2)32-30(29-14-17-36-31(24)29)22-34(3,39-32)23-37-19-15-28(16-20-37)35-18-21-38-33(26-10-6-4-7-11-26)27-12-8-5-9-13-27/h4-13,28,33,35-36H,14-23H2,1-3H3. The Labute approximate surface area is 233 Å². The first kappa shape index (κ1) is 26.4. The van der Waals surface area contributed by atoms with Gasteiger partial charge in [0.25, 0.3) is 0 Å². The van der Waals surface area contributed by atoms with Crippen LogP contribution in [0.25, 0.3) is 0 Å². The SMILES string of the molecule is Cc1c(C)c2c(c3c1NCC3)CC(C)(CN1CCC(NCCOC(c3ccccc3)c3ccccc3)CC1)O2. The summed E-state index contributed by atoms with van der Waals surface area (Å²) >= 11 is 0. The van der Waals surface area contributed by atoms with Gasteiger partial charge < -0.3 is 20.1 Å². The summed E-state index contributed by atoms with van der Waals surface area (Å²) in [5.41, 5.74) is 9.27. The van der Waals surface area contributed by atoms with Crippen LogP contribution in [0.5, 0.6) is 5.75 Å². The molecule has 0 bridgehead atoms. The average molecular weight is 526 g/mol. The van der Waals surface area contributed by atoms with Gasteiger partial charge in [0.15, 0.2) is 0 Å². The molecule has 2 N–H and O–H groups in total. The highest BCUT2D eigenvalue weighted by atomic mass is 16.5. The third kappa shape index (κ3) is 5.58. The minimum Gasteiger partial charge on any atom is -0.485 e. The van der Waals surface area contributed by atoms with Crippen LogP contribution in [-0.2, 0) is 17.6 Å². The molecule has 3 aliphatic rings. The Morgan fingerprint density at radius 1 is 0.974 bits per heavy atom. The Kier molecular flexibility index (Phi) is 7.66. The molecule has 206 valence electrons. The van der Waals surface area contributed by atoms with Crippen LogP contribution < -0.4 is 15.4 Å². The Bertz CT molecular complexity index is 1230. The molecule has 1 unspecified atom stereocenters. The maximum atomic E-state index is 6.73. The molecular weight excluding hydrogens is 482 g/mol. The summed E-state index contributed by atoms with van der Waals surface area (Å²) in [7, 11) is 0. The molecule has 1 saturated heterocycles. The van der Waals surface area contributed by atoms with Gasteiger partial charge in [-0.1, -0.05) is 60.7 Å². The molecular formula is C34H43N3O2. The number of anilines is 1. The van der Waals surface area contributed by atoms with Gasteiger partial charge in [0, 0.05) is 43.3 Å². The van der Waals surface area contributed by atoms with Crippen molar-refractivity contribution in [2.75, 3.05) is 44.6 Å². The summed E-state index contributed by atoms with van der Waals surface area (Å²) in [4.78, 5) is 2.61. The highest BCUT2D eigenvalue weighted by Crippen LogP contribution is 2.46. The molecule has 5 nitrogen and oxygen atoms in total. The molecule has 3 heterocycles. The monoisotopic (exact) mass is 525 g/mol. The first-order valence-electron chi connectivity index (χ1n) is 14.8. The fraction of sp³-hybridized carbons (Fsp3) is 0.471. The number of likely N-dealkylation sites (tertiary alicyclic amines) is 1. The Morgan fingerprint density at radius 3 is 2.31 bits per heavy atom. The van der Waals surface area contributed by atoms with Gasteiger partial charge in [0.05, 0.1) is 6.61 Å². The fourth-order valence-corrected chi connectivity index (χ4v) is 6.84. The van der Waals surface area contributed by atoms with Crippen LogP contribution in [0, 0.1) is 13.8 Å². The number of fused-ring (bicyclic) bond motifs is 3. The highest BCUT2D eigenvalue weighted by molar-refractivity contribution is 5.71. The van der Waals surface area contributed by atoms with Crippen LogP contribution in [0.15, 0.2) is 60.7 Å². The molecule has 6 rings (SSSR count). The maximum Gasteiger partial charge on any atom is 0.127 e. The summed E-state index contributed by atoms with van der Waals surface area (Å²) < 4.78 is 13.1. The number of ether oxygens (including phenoxy) is 2. The maximum absolute atomic E-state index is 6.73. The Morgan fingerprint density at radius 2 is 1.64 bits per heavy atom. The van der Waals surface area contributed by atoms with E-state index in [0.717, 1.165) is 45.6 Å². The molecule has 0 spiro atoms. The predicted octanol–water partition coefficient (Wildman–Crippen LogP) is 5.83. The molecule has 3 aliphatic heterocycles. The predicted molar refractivity (Wildman–Crippen MR) is 159 cm³/mol. The molecule has 3 aromatic carbocycles. The smallest absolute Gasteiger partial charge is 0.127 e. The van der Waals surface area contributed by atoms with Crippen LogP contribution >= 0.6 is 0 Å². The number of hydrogen-bond acceptors (Lipinski definition) is 5. The first-order chi connectivity index (χ1) is 19.0. The number of nitrogens with one attached hydrogen (secondary N) is 2. The second-order valence-corrected chi connectivity index (χ2v) is 11.9. The zero-order valence-electron chi connectivity index (χ0n) is 23.8. The molecule has 0 amide bonds. The van der Waals surface area contributed by atoms with Gasteiger partial charge in [-0.15, -0.1) is 0 Å². The van der Waals surface area contributed by atoms with Crippen molar-refractivity contribution in [2.45, 2.75) is 64.2 Å². The largest absolute Gasteiger partial charge is 0.485 e. The van der Waals surface area contributed by atoms with Crippen molar-refractivity contribution in [1.82, 2.24) is 10.2 Å². The Balaban J connectivity index is 0.980. The molecule has 1 atom stereocenters. The highest BCUT2D eigenvalue weighted by Gasteiger charge is 2.41. The van der Waals surface area contributed by atoms with Crippen molar-refractivity contribution >= 4 is 5.69 Å². The van der Waals surface area contributed by atoms with Crippen LogP contribution in [-0.4, -0.2) is 55.9 Å². The zero-order chi connectivity index (χ0) is 26.8. The van der Waals surface area contributed by atoms with E-state index in [1.807, 2.05) is 0 Å². The van der Waals surface area contributed by atoms with E-state index in [1.165, 1.54) is 57.7 Å².